The maximum atomic E-state index is 11.9. The Morgan fingerprint density at radius 2 is 2.26 bits per heavy atom. The van der Waals surface area contributed by atoms with Crippen molar-refractivity contribution in [2.75, 3.05) is 13.1 Å². The standard InChI is InChI=1S/C13H19N3O3/c1-3-16(9-10(2)12(17)18)13(19)15-8-11-5-4-6-14-7-11/h4-7,10H,3,8-9H2,1-2H3,(H,15,19)(H,17,18). The number of pyridine rings is 1. The van der Waals surface area contributed by atoms with Crippen molar-refractivity contribution >= 4 is 12.0 Å². The average Bonchev–Trinajstić information content (AvgIpc) is 2.42. The van der Waals surface area contributed by atoms with Gasteiger partial charge in [-0.15, -0.1) is 0 Å². The van der Waals surface area contributed by atoms with Gasteiger partial charge in [-0.3, -0.25) is 9.78 Å². The zero-order valence-electron chi connectivity index (χ0n) is 11.2. The van der Waals surface area contributed by atoms with Gasteiger partial charge in [-0.1, -0.05) is 13.0 Å². The summed E-state index contributed by atoms with van der Waals surface area (Å²) < 4.78 is 0. The second-order valence-electron chi connectivity index (χ2n) is 4.30. The van der Waals surface area contributed by atoms with Gasteiger partial charge in [-0.05, 0) is 18.6 Å². The van der Waals surface area contributed by atoms with Gasteiger partial charge in [0.25, 0.3) is 0 Å². The Labute approximate surface area is 112 Å². The van der Waals surface area contributed by atoms with Gasteiger partial charge < -0.3 is 15.3 Å². The van der Waals surface area contributed by atoms with Crippen molar-refractivity contribution in [3.05, 3.63) is 30.1 Å². The first-order chi connectivity index (χ1) is 9.04. The normalized spacial score (nSPS) is 11.7. The van der Waals surface area contributed by atoms with Crippen LogP contribution in [-0.2, 0) is 11.3 Å². The Kier molecular flexibility index (Phi) is 5.78. The van der Waals surface area contributed by atoms with E-state index in [2.05, 4.69) is 10.3 Å². The molecule has 0 spiro atoms. The zero-order valence-corrected chi connectivity index (χ0v) is 11.2. The molecule has 0 saturated heterocycles. The van der Waals surface area contributed by atoms with Crippen molar-refractivity contribution in [1.82, 2.24) is 15.2 Å². The van der Waals surface area contributed by atoms with Crippen molar-refractivity contribution in [1.29, 1.82) is 0 Å². The summed E-state index contributed by atoms with van der Waals surface area (Å²) in [6.07, 6.45) is 3.34. The van der Waals surface area contributed by atoms with Crippen molar-refractivity contribution in [2.45, 2.75) is 20.4 Å². The molecule has 2 amide bonds. The number of carbonyl (C=O) groups excluding carboxylic acids is 1. The smallest absolute Gasteiger partial charge is 0.317 e. The van der Waals surface area contributed by atoms with Crippen molar-refractivity contribution in [2.24, 2.45) is 5.92 Å². The van der Waals surface area contributed by atoms with Crippen LogP contribution in [0.25, 0.3) is 0 Å². The summed E-state index contributed by atoms with van der Waals surface area (Å²) in [5.74, 6) is -1.48. The van der Waals surface area contributed by atoms with Crippen LogP contribution in [0.15, 0.2) is 24.5 Å². The first-order valence-corrected chi connectivity index (χ1v) is 6.19. The monoisotopic (exact) mass is 265 g/mol. The van der Waals surface area contributed by atoms with Gasteiger partial charge in [-0.25, -0.2) is 4.79 Å². The average molecular weight is 265 g/mol. The molecule has 1 heterocycles. The maximum Gasteiger partial charge on any atom is 0.317 e. The minimum atomic E-state index is -0.904. The Bertz CT molecular complexity index is 422. The Hall–Kier alpha value is -2.11. The molecule has 0 aliphatic rings. The molecule has 19 heavy (non-hydrogen) atoms. The summed E-state index contributed by atoms with van der Waals surface area (Å²) >= 11 is 0. The molecule has 0 saturated carbocycles. The third kappa shape index (κ3) is 4.95. The predicted molar refractivity (Wildman–Crippen MR) is 70.5 cm³/mol. The molecule has 0 aliphatic heterocycles. The number of carboxylic acids is 1. The highest BCUT2D eigenvalue weighted by molar-refractivity contribution is 5.75. The summed E-state index contributed by atoms with van der Waals surface area (Å²) in [6, 6.07) is 3.40. The molecule has 0 radical (unpaired) electrons. The van der Waals surface area contributed by atoms with Gasteiger partial charge in [0.1, 0.15) is 0 Å². The fraction of sp³-hybridized carbons (Fsp3) is 0.462. The molecule has 1 rings (SSSR count). The molecule has 0 bridgehead atoms. The van der Waals surface area contributed by atoms with Crippen LogP contribution in [0.1, 0.15) is 19.4 Å². The number of rotatable bonds is 6. The highest BCUT2D eigenvalue weighted by Gasteiger charge is 2.18. The fourth-order valence-electron chi connectivity index (χ4n) is 1.56. The number of carbonyl (C=O) groups is 2. The molecule has 0 aromatic carbocycles. The number of nitrogens with zero attached hydrogens (tertiary/aromatic N) is 2. The van der Waals surface area contributed by atoms with Gasteiger partial charge in [0.05, 0.1) is 5.92 Å². The van der Waals surface area contributed by atoms with Crippen molar-refractivity contribution < 1.29 is 14.7 Å². The maximum absolute atomic E-state index is 11.9. The highest BCUT2D eigenvalue weighted by Crippen LogP contribution is 2.02. The number of carboxylic acid groups (broad SMARTS) is 1. The van der Waals surface area contributed by atoms with E-state index in [1.165, 1.54) is 4.90 Å². The van der Waals surface area contributed by atoms with Crippen LogP contribution in [0.2, 0.25) is 0 Å². The van der Waals surface area contributed by atoms with Crippen LogP contribution in [0.5, 0.6) is 0 Å². The first-order valence-electron chi connectivity index (χ1n) is 6.19. The molecule has 1 unspecified atom stereocenters. The van der Waals surface area contributed by atoms with Crippen LogP contribution in [-0.4, -0.2) is 40.1 Å². The van der Waals surface area contributed by atoms with Crippen LogP contribution in [0.3, 0.4) is 0 Å². The predicted octanol–water partition coefficient (Wildman–Crippen LogP) is 1.33. The number of aromatic nitrogens is 1. The van der Waals surface area contributed by atoms with Crippen molar-refractivity contribution in [3.63, 3.8) is 0 Å². The van der Waals surface area contributed by atoms with Crippen LogP contribution in [0.4, 0.5) is 4.79 Å². The lowest BCUT2D eigenvalue weighted by atomic mass is 10.2. The summed E-state index contributed by atoms with van der Waals surface area (Å²) in [4.78, 5) is 28.1. The molecular weight excluding hydrogens is 246 g/mol. The molecule has 6 heteroatoms. The lowest BCUT2D eigenvalue weighted by Crippen LogP contribution is -2.42. The third-order valence-electron chi connectivity index (χ3n) is 2.75. The summed E-state index contributed by atoms with van der Waals surface area (Å²) in [7, 11) is 0. The molecule has 104 valence electrons. The topological polar surface area (TPSA) is 82.5 Å². The first kappa shape index (κ1) is 14.9. The number of urea groups is 1. The van der Waals surface area contributed by atoms with E-state index in [9.17, 15) is 9.59 Å². The number of amides is 2. The van der Waals surface area contributed by atoms with Crippen LogP contribution in [0, 0.1) is 5.92 Å². The molecule has 6 nitrogen and oxygen atoms in total. The molecule has 1 aromatic heterocycles. The van der Waals surface area contributed by atoms with E-state index in [0.29, 0.717) is 13.1 Å². The second kappa shape index (κ2) is 7.35. The number of hydrogen-bond donors (Lipinski definition) is 2. The number of hydrogen-bond acceptors (Lipinski definition) is 3. The second-order valence-corrected chi connectivity index (χ2v) is 4.30. The molecule has 2 N–H and O–H groups in total. The van der Waals surface area contributed by atoms with Gasteiger partial charge in [0.2, 0.25) is 0 Å². The van der Waals surface area contributed by atoms with Gasteiger partial charge in [-0.2, -0.15) is 0 Å². The molecule has 1 aromatic rings. The zero-order chi connectivity index (χ0) is 14.3. The van der Waals surface area contributed by atoms with Gasteiger partial charge >= 0.3 is 12.0 Å². The molecular formula is C13H19N3O3. The largest absolute Gasteiger partial charge is 0.481 e. The fourth-order valence-corrected chi connectivity index (χ4v) is 1.56. The van der Waals surface area contributed by atoms with Gasteiger partial charge in [0, 0.05) is 32.0 Å². The summed E-state index contributed by atoms with van der Waals surface area (Å²) in [6.45, 7) is 4.45. The highest BCUT2D eigenvalue weighted by atomic mass is 16.4. The van der Waals surface area contributed by atoms with Crippen molar-refractivity contribution in [3.8, 4) is 0 Å². The minimum absolute atomic E-state index is 0.199. The molecule has 1 atom stereocenters. The SMILES string of the molecule is CCN(CC(C)C(=O)O)C(=O)NCc1cccnc1. The van der Waals surface area contributed by atoms with E-state index in [4.69, 9.17) is 5.11 Å². The van der Waals surface area contributed by atoms with E-state index in [1.807, 2.05) is 13.0 Å². The summed E-state index contributed by atoms with van der Waals surface area (Å²) in [5, 5.41) is 11.6. The Morgan fingerprint density at radius 1 is 1.53 bits per heavy atom. The lowest BCUT2D eigenvalue weighted by Gasteiger charge is -2.23. The van der Waals surface area contributed by atoms with E-state index in [0.717, 1.165) is 5.56 Å². The summed E-state index contributed by atoms with van der Waals surface area (Å²) in [5.41, 5.74) is 0.901. The molecule has 0 aliphatic carbocycles. The van der Waals surface area contributed by atoms with E-state index < -0.39 is 11.9 Å². The quantitative estimate of drug-likeness (QED) is 0.813. The van der Waals surface area contributed by atoms with Crippen LogP contribution < -0.4 is 5.32 Å². The minimum Gasteiger partial charge on any atom is -0.481 e. The van der Waals surface area contributed by atoms with E-state index >= 15 is 0 Å². The van der Waals surface area contributed by atoms with E-state index in [1.54, 1.807) is 25.4 Å². The molecule has 0 fully saturated rings. The number of aliphatic carboxylic acids is 1. The number of nitrogens with one attached hydrogen (secondary N) is 1. The Morgan fingerprint density at radius 3 is 2.79 bits per heavy atom. The lowest BCUT2D eigenvalue weighted by molar-refractivity contribution is -0.141. The van der Waals surface area contributed by atoms with Crippen LogP contribution >= 0.6 is 0 Å². The van der Waals surface area contributed by atoms with E-state index in [-0.39, 0.29) is 12.6 Å². The van der Waals surface area contributed by atoms with Gasteiger partial charge in [0.15, 0.2) is 0 Å². The third-order valence-corrected chi connectivity index (χ3v) is 2.75. The Balaban J connectivity index is 2.48.